The number of amides is 1. The van der Waals surface area contributed by atoms with Crippen LogP contribution in [0.4, 0.5) is 13.2 Å². The standard InChI is InChI=1S/C19H25F3N2O4S/c20-19(21,22)28-16-5-7-17(8-6-16)29(26,27)23-11-9-18(25)24-12-10-14-3-1-2-4-15(14)13-24/h5-8,14-15,23H,1-4,9-13H2. The molecule has 1 amide bonds. The molecule has 29 heavy (non-hydrogen) atoms. The third-order valence-electron chi connectivity index (χ3n) is 5.64. The maximum atomic E-state index is 12.4. The largest absolute Gasteiger partial charge is 0.573 e. The highest BCUT2D eigenvalue weighted by Crippen LogP contribution is 2.36. The lowest BCUT2D eigenvalue weighted by Gasteiger charge is -2.41. The van der Waals surface area contributed by atoms with Crippen LogP contribution in [-0.4, -0.2) is 45.2 Å². The molecule has 0 radical (unpaired) electrons. The number of sulfonamides is 1. The molecule has 0 aromatic heterocycles. The number of piperidine rings is 1. The summed E-state index contributed by atoms with van der Waals surface area (Å²) in [6.45, 7) is 1.40. The van der Waals surface area contributed by atoms with Crippen molar-refractivity contribution < 1.29 is 31.1 Å². The predicted molar refractivity (Wildman–Crippen MR) is 99.6 cm³/mol. The summed E-state index contributed by atoms with van der Waals surface area (Å²) in [5.41, 5.74) is 0. The van der Waals surface area contributed by atoms with E-state index in [1.165, 1.54) is 19.3 Å². The van der Waals surface area contributed by atoms with Gasteiger partial charge in [0.2, 0.25) is 15.9 Å². The van der Waals surface area contributed by atoms with E-state index in [0.29, 0.717) is 18.4 Å². The molecule has 162 valence electrons. The number of nitrogens with zero attached hydrogens (tertiary/aromatic N) is 1. The Hall–Kier alpha value is -1.81. The molecular formula is C19H25F3N2O4S. The van der Waals surface area contributed by atoms with Gasteiger partial charge < -0.3 is 9.64 Å². The smallest absolute Gasteiger partial charge is 0.406 e. The summed E-state index contributed by atoms with van der Waals surface area (Å²) in [6.07, 6.45) is 1.07. The fourth-order valence-electron chi connectivity index (χ4n) is 4.18. The van der Waals surface area contributed by atoms with Gasteiger partial charge in [-0.2, -0.15) is 0 Å². The van der Waals surface area contributed by atoms with Gasteiger partial charge in [0.25, 0.3) is 0 Å². The maximum Gasteiger partial charge on any atom is 0.573 e. The first-order valence-corrected chi connectivity index (χ1v) is 11.3. The Morgan fingerprint density at radius 2 is 1.76 bits per heavy atom. The average Bonchev–Trinajstić information content (AvgIpc) is 2.66. The second kappa shape index (κ2) is 8.91. The molecule has 1 saturated heterocycles. The summed E-state index contributed by atoms with van der Waals surface area (Å²) in [7, 11) is -3.92. The lowest BCUT2D eigenvalue weighted by Crippen LogP contribution is -2.45. The number of hydrogen-bond acceptors (Lipinski definition) is 4. The van der Waals surface area contributed by atoms with Crippen LogP contribution in [0.25, 0.3) is 0 Å². The van der Waals surface area contributed by atoms with Crippen LogP contribution < -0.4 is 9.46 Å². The zero-order valence-electron chi connectivity index (χ0n) is 16.0. The van der Waals surface area contributed by atoms with Crippen molar-refractivity contribution in [3.63, 3.8) is 0 Å². The summed E-state index contributed by atoms with van der Waals surface area (Å²) < 4.78 is 67.1. The van der Waals surface area contributed by atoms with Crippen LogP contribution >= 0.6 is 0 Å². The van der Waals surface area contributed by atoms with E-state index in [1.54, 1.807) is 0 Å². The molecule has 1 heterocycles. The summed E-state index contributed by atoms with van der Waals surface area (Å²) in [5.74, 6) is 0.676. The van der Waals surface area contributed by atoms with Crippen molar-refractivity contribution in [1.29, 1.82) is 0 Å². The monoisotopic (exact) mass is 434 g/mol. The van der Waals surface area contributed by atoms with Gasteiger partial charge in [-0.15, -0.1) is 13.2 Å². The van der Waals surface area contributed by atoms with Crippen LogP contribution in [0.2, 0.25) is 0 Å². The molecule has 2 aliphatic rings. The van der Waals surface area contributed by atoms with Crippen LogP contribution in [0.15, 0.2) is 29.2 Å². The molecule has 3 rings (SSSR count). The van der Waals surface area contributed by atoms with Crippen molar-refractivity contribution in [3.8, 4) is 5.75 Å². The molecular weight excluding hydrogens is 409 g/mol. The molecule has 1 saturated carbocycles. The second-order valence-corrected chi connectivity index (χ2v) is 9.37. The Bertz CT molecular complexity index is 812. The molecule has 1 N–H and O–H groups in total. The van der Waals surface area contributed by atoms with Crippen LogP contribution in [0.1, 0.15) is 38.5 Å². The lowest BCUT2D eigenvalue weighted by atomic mass is 9.75. The van der Waals surface area contributed by atoms with Crippen molar-refractivity contribution in [2.24, 2.45) is 11.8 Å². The number of alkyl halides is 3. The van der Waals surface area contributed by atoms with E-state index in [2.05, 4.69) is 9.46 Å². The van der Waals surface area contributed by atoms with Crippen LogP contribution in [0.5, 0.6) is 5.75 Å². The first kappa shape index (κ1) is 21.9. The molecule has 0 spiro atoms. The summed E-state index contributed by atoms with van der Waals surface area (Å²) in [6, 6.07) is 3.92. The van der Waals surface area contributed by atoms with Crippen molar-refractivity contribution in [2.75, 3.05) is 19.6 Å². The van der Waals surface area contributed by atoms with E-state index in [9.17, 15) is 26.4 Å². The average molecular weight is 434 g/mol. The van der Waals surface area contributed by atoms with E-state index in [4.69, 9.17) is 0 Å². The number of rotatable bonds is 6. The molecule has 1 aliphatic heterocycles. The number of hydrogen-bond donors (Lipinski definition) is 1. The van der Waals surface area contributed by atoms with Gasteiger partial charge in [0, 0.05) is 26.1 Å². The molecule has 1 aromatic rings. The molecule has 10 heteroatoms. The van der Waals surface area contributed by atoms with Gasteiger partial charge in [-0.3, -0.25) is 4.79 Å². The van der Waals surface area contributed by atoms with Crippen molar-refractivity contribution in [2.45, 2.75) is 49.8 Å². The van der Waals surface area contributed by atoms with Gasteiger partial charge >= 0.3 is 6.36 Å². The summed E-state index contributed by atoms with van der Waals surface area (Å²) in [4.78, 5) is 14.1. The minimum absolute atomic E-state index is 0.0475. The van der Waals surface area contributed by atoms with E-state index >= 15 is 0 Å². The Balaban J connectivity index is 1.48. The zero-order valence-corrected chi connectivity index (χ0v) is 16.8. The first-order valence-electron chi connectivity index (χ1n) is 9.77. The number of fused-ring (bicyclic) bond motifs is 1. The fourth-order valence-corrected chi connectivity index (χ4v) is 5.21. The van der Waals surface area contributed by atoms with E-state index in [-0.39, 0.29) is 23.8 Å². The van der Waals surface area contributed by atoms with Crippen molar-refractivity contribution in [1.82, 2.24) is 9.62 Å². The summed E-state index contributed by atoms with van der Waals surface area (Å²) >= 11 is 0. The molecule has 6 nitrogen and oxygen atoms in total. The number of benzene rings is 1. The normalized spacial score (nSPS) is 22.8. The van der Waals surface area contributed by atoms with Crippen LogP contribution in [0.3, 0.4) is 0 Å². The quantitative estimate of drug-likeness (QED) is 0.746. The number of carbonyl (C=O) groups is 1. The van der Waals surface area contributed by atoms with E-state index in [0.717, 1.165) is 43.7 Å². The number of nitrogens with one attached hydrogen (secondary N) is 1. The van der Waals surface area contributed by atoms with Crippen molar-refractivity contribution >= 4 is 15.9 Å². The van der Waals surface area contributed by atoms with Gasteiger partial charge in [0.05, 0.1) is 4.90 Å². The Kier molecular flexibility index (Phi) is 6.72. The van der Waals surface area contributed by atoms with E-state index in [1.807, 2.05) is 4.90 Å². The molecule has 2 atom stereocenters. The van der Waals surface area contributed by atoms with E-state index < -0.39 is 22.1 Å². The number of ether oxygens (including phenoxy) is 1. The highest BCUT2D eigenvalue weighted by atomic mass is 32.2. The number of carbonyl (C=O) groups excluding carboxylic acids is 1. The molecule has 0 bridgehead atoms. The molecule has 1 aromatic carbocycles. The van der Waals surface area contributed by atoms with Gasteiger partial charge in [-0.1, -0.05) is 19.3 Å². The minimum atomic E-state index is -4.84. The van der Waals surface area contributed by atoms with Crippen molar-refractivity contribution in [3.05, 3.63) is 24.3 Å². The predicted octanol–water partition coefficient (Wildman–Crippen LogP) is 3.29. The highest BCUT2D eigenvalue weighted by Gasteiger charge is 2.33. The topological polar surface area (TPSA) is 75.7 Å². The van der Waals surface area contributed by atoms with Crippen LogP contribution in [0, 0.1) is 11.8 Å². The zero-order chi connectivity index (χ0) is 21.1. The SMILES string of the molecule is O=C(CCNS(=O)(=O)c1ccc(OC(F)(F)F)cc1)N1CCC2CCCCC2C1. The van der Waals surface area contributed by atoms with Gasteiger partial charge in [0.15, 0.2) is 0 Å². The van der Waals surface area contributed by atoms with Gasteiger partial charge in [-0.05, 0) is 48.9 Å². The number of likely N-dealkylation sites (tertiary alicyclic amines) is 1. The number of halogens is 3. The second-order valence-electron chi connectivity index (χ2n) is 7.60. The third-order valence-corrected chi connectivity index (χ3v) is 7.12. The molecule has 1 aliphatic carbocycles. The Labute approximate surface area is 168 Å². The lowest BCUT2D eigenvalue weighted by molar-refractivity contribution is -0.274. The fraction of sp³-hybridized carbons (Fsp3) is 0.632. The van der Waals surface area contributed by atoms with Gasteiger partial charge in [-0.25, -0.2) is 13.1 Å². The molecule has 2 unspecified atom stereocenters. The van der Waals surface area contributed by atoms with Crippen LogP contribution in [-0.2, 0) is 14.8 Å². The molecule has 2 fully saturated rings. The van der Waals surface area contributed by atoms with Gasteiger partial charge in [0.1, 0.15) is 5.75 Å². The minimum Gasteiger partial charge on any atom is -0.406 e. The Morgan fingerprint density at radius 1 is 1.10 bits per heavy atom. The maximum absolute atomic E-state index is 12.4. The first-order chi connectivity index (χ1) is 13.6. The third kappa shape index (κ3) is 6.08. The Morgan fingerprint density at radius 3 is 2.41 bits per heavy atom. The highest BCUT2D eigenvalue weighted by molar-refractivity contribution is 7.89. The summed E-state index contributed by atoms with van der Waals surface area (Å²) in [5, 5.41) is 0.